The topological polar surface area (TPSA) is 90.5 Å². The van der Waals surface area contributed by atoms with E-state index < -0.39 is 5.91 Å². The third-order valence-corrected chi connectivity index (χ3v) is 4.76. The van der Waals surface area contributed by atoms with Crippen LogP contribution in [0.1, 0.15) is 38.6 Å². The number of hydrogen-bond acceptors (Lipinski definition) is 4. The molecule has 122 valence electrons. The Morgan fingerprint density at radius 2 is 1.87 bits per heavy atom. The van der Waals surface area contributed by atoms with Crippen LogP contribution in [0.25, 0.3) is 0 Å². The Morgan fingerprint density at radius 3 is 2.52 bits per heavy atom. The standard InChI is InChI=1S/C16H19N3O3S/c1-9-4-5-12(8-10(9)2)18-16(21)17-11(3)13-6-7-14(23-13)15(20)19-22/h4-8,11,22H,1-3H3,(H,19,20)(H2,17,18,21). The van der Waals surface area contributed by atoms with Gasteiger partial charge in [-0.2, -0.15) is 0 Å². The van der Waals surface area contributed by atoms with Crippen LogP contribution < -0.4 is 16.1 Å². The van der Waals surface area contributed by atoms with Crippen molar-refractivity contribution >= 4 is 29.0 Å². The summed E-state index contributed by atoms with van der Waals surface area (Å²) in [6.07, 6.45) is 0. The molecule has 1 aromatic carbocycles. The van der Waals surface area contributed by atoms with Crippen LogP contribution >= 0.6 is 11.3 Å². The first-order valence-electron chi connectivity index (χ1n) is 7.09. The average molecular weight is 333 g/mol. The minimum absolute atomic E-state index is 0.258. The Hall–Kier alpha value is -2.38. The molecule has 1 aromatic heterocycles. The van der Waals surface area contributed by atoms with Gasteiger partial charge >= 0.3 is 6.03 Å². The maximum absolute atomic E-state index is 12.1. The quantitative estimate of drug-likeness (QED) is 0.511. The van der Waals surface area contributed by atoms with Gasteiger partial charge in [0.2, 0.25) is 0 Å². The fraction of sp³-hybridized carbons (Fsp3) is 0.250. The first kappa shape index (κ1) is 17.0. The number of rotatable bonds is 4. The van der Waals surface area contributed by atoms with Gasteiger partial charge in [-0.25, -0.2) is 10.3 Å². The third-order valence-electron chi connectivity index (χ3n) is 3.49. The molecule has 1 unspecified atom stereocenters. The van der Waals surface area contributed by atoms with E-state index in [-0.39, 0.29) is 12.1 Å². The number of nitrogens with one attached hydrogen (secondary N) is 3. The Morgan fingerprint density at radius 1 is 1.13 bits per heavy atom. The second-order valence-electron chi connectivity index (χ2n) is 5.26. The Balaban J connectivity index is 1.97. The van der Waals surface area contributed by atoms with Crippen molar-refractivity contribution in [2.45, 2.75) is 26.8 Å². The van der Waals surface area contributed by atoms with E-state index in [2.05, 4.69) is 10.6 Å². The molecule has 1 heterocycles. The van der Waals surface area contributed by atoms with E-state index in [9.17, 15) is 9.59 Å². The van der Waals surface area contributed by atoms with Gasteiger partial charge in [-0.15, -0.1) is 11.3 Å². The third kappa shape index (κ3) is 4.30. The van der Waals surface area contributed by atoms with Gasteiger partial charge in [0.15, 0.2) is 0 Å². The summed E-state index contributed by atoms with van der Waals surface area (Å²) < 4.78 is 0. The summed E-state index contributed by atoms with van der Waals surface area (Å²) in [7, 11) is 0. The average Bonchev–Trinajstić information content (AvgIpc) is 3.00. The Bertz CT molecular complexity index is 727. The number of anilines is 1. The van der Waals surface area contributed by atoms with Crippen LogP contribution in [0.2, 0.25) is 0 Å². The smallest absolute Gasteiger partial charge is 0.319 e. The van der Waals surface area contributed by atoms with E-state index in [4.69, 9.17) is 5.21 Å². The lowest BCUT2D eigenvalue weighted by Crippen LogP contribution is -2.30. The summed E-state index contributed by atoms with van der Waals surface area (Å²) in [6, 6.07) is 8.49. The van der Waals surface area contributed by atoms with E-state index >= 15 is 0 Å². The zero-order valence-electron chi connectivity index (χ0n) is 13.1. The molecule has 2 rings (SSSR count). The van der Waals surface area contributed by atoms with E-state index in [0.29, 0.717) is 4.88 Å². The van der Waals surface area contributed by atoms with Crippen LogP contribution in [-0.4, -0.2) is 17.1 Å². The second-order valence-corrected chi connectivity index (χ2v) is 6.38. The van der Waals surface area contributed by atoms with E-state index in [0.717, 1.165) is 21.7 Å². The van der Waals surface area contributed by atoms with Crippen LogP contribution in [0.4, 0.5) is 10.5 Å². The van der Waals surface area contributed by atoms with Gasteiger partial charge in [0.1, 0.15) is 0 Å². The molecular weight excluding hydrogens is 314 g/mol. The molecule has 0 spiro atoms. The molecule has 0 aliphatic heterocycles. The number of benzene rings is 1. The molecule has 1 atom stereocenters. The lowest BCUT2D eigenvalue weighted by atomic mass is 10.1. The minimum Gasteiger partial charge on any atom is -0.331 e. The number of aryl methyl sites for hydroxylation is 2. The molecule has 6 nitrogen and oxygen atoms in total. The van der Waals surface area contributed by atoms with E-state index in [1.165, 1.54) is 11.3 Å². The Labute approximate surface area is 138 Å². The lowest BCUT2D eigenvalue weighted by Gasteiger charge is -2.14. The molecule has 0 saturated heterocycles. The fourth-order valence-corrected chi connectivity index (χ4v) is 2.92. The first-order valence-corrected chi connectivity index (χ1v) is 7.91. The van der Waals surface area contributed by atoms with Crippen molar-refractivity contribution in [2.75, 3.05) is 5.32 Å². The number of amides is 3. The minimum atomic E-state index is -0.562. The van der Waals surface area contributed by atoms with Gasteiger partial charge in [0.25, 0.3) is 5.91 Å². The van der Waals surface area contributed by atoms with E-state index in [1.54, 1.807) is 17.6 Å². The van der Waals surface area contributed by atoms with Gasteiger partial charge in [0.05, 0.1) is 10.9 Å². The number of carbonyl (C=O) groups is 2. The van der Waals surface area contributed by atoms with Crippen molar-refractivity contribution in [3.8, 4) is 0 Å². The Kier molecular flexibility index (Phi) is 5.36. The maximum Gasteiger partial charge on any atom is 0.319 e. The molecule has 3 amide bonds. The predicted octanol–water partition coefficient (Wildman–Crippen LogP) is 3.37. The molecule has 0 fully saturated rings. The highest BCUT2D eigenvalue weighted by Gasteiger charge is 2.14. The molecule has 0 radical (unpaired) electrons. The SMILES string of the molecule is Cc1ccc(NC(=O)NC(C)c2ccc(C(=O)NO)s2)cc1C. The number of hydrogen-bond donors (Lipinski definition) is 4. The summed E-state index contributed by atoms with van der Waals surface area (Å²) in [6.45, 7) is 5.82. The van der Waals surface area contributed by atoms with Gasteiger partial charge in [0, 0.05) is 10.6 Å². The second kappa shape index (κ2) is 7.26. The van der Waals surface area contributed by atoms with Crippen molar-refractivity contribution in [1.29, 1.82) is 0 Å². The van der Waals surface area contributed by atoms with Crippen LogP contribution in [0.5, 0.6) is 0 Å². The van der Waals surface area contributed by atoms with Crippen LogP contribution in [0.3, 0.4) is 0 Å². The highest BCUT2D eigenvalue weighted by molar-refractivity contribution is 7.14. The van der Waals surface area contributed by atoms with Gasteiger partial charge in [-0.1, -0.05) is 6.07 Å². The van der Waals surface area contributed by atoms with Crippen LogP contribution in [0.15, 0.2) is 30.3 Å². The molecule has 7 heteroatoms. The van der Waals surface area contributed by atoms with E-state index in [1.807, 2.05) is 39.0 Å². The van der Waals surface area contributed by atoms with Gasteiger partial charge in [-0.05, 0) is 56.2 Å². The molecule has 0 bridgehead atoms. The fourth-order valence-electron chi connectivity index (χ4n) is 2.02. The van der Waals surface area contributed by atoms with Crippen molar-refractivity contribution in [2.24, 2.45) is 0 Å². The van der Waals surface area contributed by atoms with Crippen LogP contribution in [-0.2, 0) is 0 Å². The zero-order valence-corrected chi connectivity index (χ0v) is 14.0. The van der Waals surface area contributed by atoms with Crippen molar-refractivity contribution in [3.05, 3.63) is 51.2 Å². The molecular formula is C16H19N3O3S. The zero-order chi connectivity index (χ0) is 17.0. The normalized spacial score (nSPS) is 11.7. The largest absolute Gasteiger partial charge is 0.331 e. The van der Waals surface area contributed by atoms with Crippen molar-refractivity contribution < 1.29 is 14.8 Å². The van der Waals surface area contributed by atoms with Crippen molar-refractivity contribution in [1.82, 2.24) is 10.8 Å². The number of carbonyl (C=O) groups excluding carboxylic acids is 2. The summed E-state index contributed by atoms with van der Waals surface area (Å²) in [5.74, 6) is -0.562. The highest BCUT2D eigenvalue weighted by Crippen LogP contribution is 2.23. The first-order chi connectivity index (χ1) is 10.9. The monoisotopic (exact) mass is 333 g/mol. The maximum atomic E-state index is 12.1. The highest BCUT2D eigenvalue weighted by atomic mass is 32.1. The number of thiophene rings is 1. The summed E-state index contributed by atoms with van der Waals surface area (Å²) in [5, 5.41) is 14.2. The van der Waals surface area contributed by atoms with Gasteiger partial charge < -0.3 is 10.6 Å². The summed E-state index contributed by atoms with van der Waals surface area (Å²) >= 11 is 1.21. The molecule has 0 aliphatic rings. The van der Waals surface area contributed by atoms with Gasteiger partial charge in [-0.3, -0.25) is 10.0 Å². The molecule has 0 aliphatic carbocycles. The summed E-state index contributed by atoms with van der Waals surface area (Å²) in [4.78, 5) is 24.6. The molecule has 23 heavy (non-hydrogen) atoms. The molecule has 2 aromatic rings. The predicted molar refractivity (Wildman–Crippen MR) is 90.1 cm³/mol. The molecule has 0 saturated carbocycles. The lowest BCUT2D eigenvalue weighted by molar-refractivity contribution is 0.0711. The summed E-state index contributed by atoms with van der Waals surface area (Å²) in [5.41, 5.74) is 4.58. The number of urea groups is 1. The molecule has 4 N–H and O–H groups in total. The van der Waals surface area contributed by atoms with Crippen LogP contribution in [0, 0.1) is 13.8 Å². The van der Waals surface area contributed by atoms with Crippen molar-refractivity contribution in [3.63, 3.8) is 0 Å². The number of hydroxylamine groups is 1.